The van der Waals surface area contributed by atoms with Gasteiger partial charge in [-0.3, -0.25) is 4.68 Å². The van der Waals surface area contributed by atoms with E-state index in [-0.39, 0.29) is 6.04 Å². The molecule has 0 spiro atoms. The van der Waals surface area contributed by atoms with Crippen molar-refractivity contribution >= 4 is 26.7 Å². The molecule has 1 aliphatic heterocycles. The maximum Gasteiger partial charge on any atom is 0.534 e. The maximum absolute atomic E-state index is 12.8. The fourth-order valence-corrected chi connectivity index (χ4v) is 4.32. The van der Waals surface area contributed by atoms with E-state index in [1.54, 1.807) is 11.8 Å². The second-order valence-corrected chi connectivity index (χ2v) is 9.26. The van der Waals surface area contributed by atoms with Gasteiger partial charge in [0.05, 0.1) is 24.9 Å². The molecule has 7 nitrogen and oxygen atoms in total. The van der Waals surface area contributed by atoms with Crippen molar-refractivity contribution in [3.63, 3.8) is 0 Å². The molecule has 1 fully saturated rings. The van der Waals surface area contributed by atoms with Gasteiger partial charge >= 0.3 is 15.6 Å². The Morgan fingerprint density at radius 3 is 2.47 bits per heavy atom. The Labute approximate surface area is 183 Å². The number of rotatable bonds is 6. The normalized spacial score (nSPS) is 17.2. The number of fused-ring (bicyclic) bond motifs is 1. The van der Waals surface area contributed by atoms with Crippen LogP contribution in [0.1, 0.15) is 25.3 Å². The third-order valence-electron chi connectivity index (χ3n) is 5.48. The van der Waals surface area contributed by atoms with Gasteiger partial charge in [0.15, 0.2) is 0 Å². The van der Waals surface area contributed by atoms with Crippen LogP contribution in [-0.4, -0.2) is 43.4 Å². The van der Waals surface area contributed by atoms with E-state index in [9.17, 15) is 21.6 Å². The Kier molecular flexibility index (Phi) is 5.70. The van der Waals surface area contributed by atoms with E-state index in [4.69, 9.17) is 4.74 Å². The molecule has 2 aromatic carbocycles. The van der Waals surface area contributed by atoms with Gasteiger partial charge in [0.1, 0.15) is 11.5 Å². The maximum atomic E-state index is 12.8. The lowest BCUT2D eigenvalue weighted by Crippen LogP contribution is -2.28. The molecule has 0 aliphatic carbocycles. The van der Waals surface area contributed by atoms with Gasteiger partial charge in [0, 0.05) is 36.3 Å². The molecule has 4 rings (SSSR count). The van der Waals surface area contributed by atoms with Crippen molar-refractivity contribution in [1.82, 2.24) is 9.78 Å². The van der Waals surface area contributed by atoms with E-state index >= 15 is 0 Å². The highest BCUT2D eigenvalue weighted by atomic mass is 32.2. The lowest BCUT2D eigenvalue weighted by molar-refractivity contribution is -0.0500. The van der Waals surface area contributed by atoms with Crippen LogP contribution in [0.4, 0.5) is 18.9 Å². The molecule has 1 aromatic heterocycles. The first-order chi connectivity index (χ1) is 15.1. The quantitative estimate of drug-likeness (QED) is 0.396. The lowest BCUT2D eigenvalue weighted by Gasteiger charge is -2.25. The van der Waals surface area contributed by atoms with E-state index in [0.29, 0.717) is 29.7 Å². The number of hydrogen-bond donors (Lipinski definition) is 0. The van der Waals surface area contributed by atoms with Gasteiger partial charge in [-0.1, -0.05) is 12.1 Å². The number of aromatic nitrogens is 2. The lowest BCUT2D eigenvalue weighted by atomic mass is 10.1. The van der Waals surface area contributed by atoms with Crippen LogP contribution in [0.25, 0.3) is 10.9 Å². The highest BCUT2D eigenvalue weighted by Gasteiger charge is 2.48. The highest BCUT2D eigenvalue weighted by molar-refractivity contribution is 7.88. The Bertz CT molecular complexity index is 1220. The molecule has 1 aliphatic rings. The number of anilines is 1. The molecular weight excluding hydrogens is 447 g/mol. The van der Waals surface area contributed by atoms with Gasteiger partial charge in [-0.2, -0.15) is 26.7 Å². The molecule has 0 amide bonds. The average molecular weight is 469 g/mol. The second-order valence-electron chi connectivity index (χ2n) is 7.72. The van der Waals surface area contributed by atoms with Gasteiger partial charge in [-0.05, 0) is 37.5 Å². The molecule has 172 valence electrons. The van der Waals surface area contributed by atoms with Crippen LogP contribution in [-0.2, 0) is 16.7 Å². The van der Waals surface area contributed by atoms with Crippen molar-refractivity contribution in [2.45, 2.75) is 37.9 Å². The predicted molar refractivity (Wildman–Crippen MR) is 113 cm³/mol. The van der Waals surface area contributed by atoms with Crippen molar-refractivity contribution in [1.29, 1.82) is 0 Å². The summed E-state index contributed by atoms with van der Waals surface area (Å²) in [6.07, 6.45) is 3.66. The van der Waals surface area contributed by atoms with Crippen LogP contribution in [0, 0.1) is 0 Å². The number of nitrogens with zero attached hydrogens (tertiary/aromatic N) is 3. The minimum Gasteiger partial charge on any atom is -0.497 e. The topological polar surface area (TPSA) is 73.7 Å². The fraction of sp³-hybridized carbons (Fsp3) is 0.381. The summed E-state index contributed by atoms with van der Waals surface area (Å²) < 4.78 is 72.9. The molecule has 0 bridgehead atoms. The third-order valence-corrected chi connectivity index (χ3v) is 6.46. The van der Waals surface area contributed by atoms with Crippen LogP contribution in [0.5, 0.6) is 11.5 Å². The standard InChI is InChI=1S/C21H22F3N3O4S/c1-14-4-3-9-27(14)20-11-17(31-32(28,29)21(22,23)24)10-19-18(20)13-26(25-19)12-15-5-7-16(30-2)8-6-15/h5-8,10-11,13-14H,3-4,9,12H2,1-2H3. The number of methoxy groups -OCH3 is 1. The molecule has 11 heteroatoms. The van der Waals surface area contributed by atoms with Crippen molar-refractivity contribution in [3.05, 3.63) is 48.2 Å². The summed E-state index contributed by atoms with van der Waals surface area (Å²) in [5, 5.41) is 5.18. The molecule has 1 unspecified atom stereocenters. The third kappa shape index (κ3) is 4.34. The molecule has 1 atom stereocenters. The highest BCUT2D eigenvalue weighted by Crippen LogP contribution is 2.37. The summed E-state index contributed by atoms with van der Waals surface area (Å²) in [5.41, 5.74) is -3.62. The summed E-state index contributed by atoms with van der Waals surface area (Å²) in [7, 11) is -4.21. The Morgan fingerprint density at radius 2 is 1.88 bits per heavy atom. The molecule has 2 heterocycles. The van der Waals surface area contributed by atoms with Crippen LogP contribution in [0.3, 0.4) is 0 Å². The molecule has 0 radical (unpaired) electrons. The van der Waals surface area contributed by atoms with Crippen molar-refractivity contribution in [2.24, 2.45) is 0 Å². The zero-order chi connectivity index (χ0) is 23.1. The summed E-state index contributed by atoms with van der Waals surface area (Å²) >= 11 is 0. The van der Waals surface area contributed by atoms with Crippen LogP contribution in [0.2, 0.25) is 0 Å². The number of hydrogen-bond acceptors (Lipinski definition) is 6. The van der Waals surface area contributed by atoms with Gasteiger partial charge in [0.2, 0.25) is 0 Å². The number of benzene rings is 2. The first kappa shape index (κ1) is 22.3. The van der Waals surface area contributed by atoms with Crippen LogP contribution < -0.4 is 13.8 Å². The summed E-state index contributed by atoms with van der Waals surface area (Å²) in [4.78, 5) is 2.04. The van der Waals surface area contributed by atoms with E-state index in [1.165, 1.54) is 12.1 Å². The Morgan fingerprint density at radius 1 is 1.16 bits per heavy atom. The minimum atomic E-state index is -5.79. The first-order valence-electron chi connectivity index (χ1n) is 9.99. The Hall–Kier alpha value is -2.95. The number of halogens is 3. The number of alkyl halides is 3. The summed E-state index contributed by atoms with van der Waals surface area (Å²) in [6.45, 7) is 3.14. The van der Waals surface area contributed by atoms with Crippen molar-refractivity contribution < 1.29 is 30.5 Å². The minimum absolute atomic E-state index is 0.151. The van der Waals surface area contributed by atoms with E-state index in [2.05, 4.69) is 9.28 Å². The monoisotopic (exact) mass is 469 g/mol. The van der Waals surface area contributed by atoms with E-state index < -0.39 is 21.4 Å². The average Bonchev–Trinajstić information content (AvgIpc) is 3.32. The summed E-state index contributed by atoms with van der Waals surface area (Å²) in [6, 6.07) is 10.1. The van der Waals surface area contributed by atoms with Crippen LogP contribution >= 0.6 is 0 Å². The van der Waals surface area contributed by atoms with Gasteiger partial charge in [-0.15, -0.1) is 0 Å². The van der Waals surface area contributed by atoms with E-state index in [0.717, 1.165) is 24.2 Å². The zero-order valence-corrected chi connectivity index (χ0v) is 18.3. The largest absolute Gasteiger partial charge is 0.534 e. The van der Waals surface area contributed by atoms with Crippen molar-refractivity contribution in [2.75, 3.05) is 18.6 Å². The molecule has 0 N–H and O–H groups in total. The summed E-state index contributed by atoms with van der Waals surface area (Å²) in [5.74, 6) is 0.302. The van der Waals surface area contributed by atoms with Gasteiger partial charge in [0.25, 0.3) is 0 Å². The second kappa shape index (κ2) is 8.19. The molecule has 0 saturated carbocycles. The first-order valence-corrected chi connectivity index (χ1v) is 11.4. The van der Waals surface area contributed by atoms with Crippen LogP contribution in [0.15, 0.2) is 42.6 Å². The SMILES string of the molecule is COc1ccc(Cn2cc3c(N4CCCC4C)cc(OS(=O)(=O)C(F)(F)F)cc3n2)cc1. The van der Waals surface area contributed by atoms with Crippen molar-refractivity contribution in [3.8, 4) is 11.5 Å². The molecular formula is C21H22F3N3O4S. The van der Waals surface area contributed by atoms with Gasteiger partial charge in [-0.25, -0.2) is 0 Å². The molecule has 1 saturated heterocycles. The zero-order valence-electron chi connectivity index (χ0n) is 17.5. The number of ether oxygens (including phenoxy) is 1. The van der Waals surface area contributed by atoms with Gasteiger partial charge < -0.3 is 13.8 Å². The molecule has 32 heavy (non-hydrogen) atoms. The van der Waals surface area contributed by atoms with E-state index in [1.807, 2.05) is 42.3 Å². The fourth-order valence-electron chi connectivity index (χ4n) is 3.88. The predicted octanol–water partition coefficient (Wildman–Crippen LogP) is 4.31. The Balaban J connectivity index is 1.75. The smallest absolute Gasteiger partial charge is 0.497 e. The molecule has 3 aromatic rings.